The van der Waals surface area contributed by atoms with Crippen molar-refractivity contribution in [2.75, 3.05) is 28.4 Å². The summed E-state index contributed by atoms with van der Waals surface area (Å²) in [5.74, 6) is 0. The zero-order valence-corrected chi connectivity index (χ0v) is 25.0. The molecule has 0 bridgehead atoms. The summed E-state index contributed by atoms with van der Waals surface area (Å²) in [6.07, 6.45) is 22.9. The van der Waals surface area contributed by atoms with Gasteiger partial charge < -0.3 is 17.7 Å². The Kier molecular flexibility index (Phi) is 8.48. The van der Waals surface area contributed by atoms with Crippen molar-refractivity contribution >= 4 is 29.3 Å². The molecule has 6 heteroatoms. The molecule has 0 radical (unpaired) electrons. The molecule has 0 saturated heterocycles. The van der Waals surface area contributed by atoms with Gasteiger partial charge in [0.2, 0.25) is 0 Å². The first-order chi connectivity index (χ1) is 18.6. The van der Waals surface area contributed by atoms with E-state index in [1.165, 1.54) is 47.9 Å². The van der Waals surface area contributed by atoms with Gasteiger partial charge in [0, 0.05) is 50.6 Å². The molecule has 0 amide bonds. The minimum Gasteiger partial charge on any atom is -0.397 e. The maximum Gasteiger partial charge on any atom is 0.360 e. The predicted octanol–water partition coefficient (Wildman–Crippen LogP) is 7.58. The molecule has 1 saturated carbocycles. The topological polar surface area (TPSA) is 36.9 Å². The highest BCUT2D eigenvalue weighted by Crippen LogP contribution is 2.48. The van der Waals surface area contributed by atoms with E-state index in [0.29, 0.717) is 11.1 Å². The van der Waals surface area contributed by atoms with E-state index in [1.807, 2.05) is 14.2 Å². The summed E-state index contributed by atoms with van der Waals surface area (Å²) in [5, 5.41) is 0. The van der Waals surface area contributed by atoms with E-state index >= 15 is 0 Å². The van der Waals surface area contributed by atoms with Gasteiger partial charge in [0.15, 0.2) is 0 Å². The highest BCUT2D eigenvalue weighted by Gasteiger charge is 2.53. The van der Waals surface area contributed by atoms with Crippen molar-refractivity contribution in [2.45, 2.75) is 47.8 Å². The molecular weight excluding hydrogens is 505 g/mol. The van der Waals surface area contributed by atoms with Crippen LogP contribution in [-0.4, -0.2) is 45.6 Å². The molecule has 2 atom stereocenters. The molecule has 0 aromatic heterocycles. The molecule has 2 unspecified atom stereocenters. The summed E-state index contributed by atoms with van der Waals surface area (Å²) >= 11 is 0. The van der Waals surface area contributed by atoms with Crippen LogP contribution in [-0.2, 0) is 17.7 Å². The van der Waals surface area contributed by atoms with Crippen LogP contribution >= 0.6 is 0 Å². The van der Waals surface area contributed by atoms with Gasteiger partial charge in [0.25, 0.3) is 0 Å². The molecule has 4 aliphatic carbocycles. The van der Waals surface area contributed by atoms with Crippen LogP contribution in [0.1, 0.15) is 59.0 Å². The fourth-order valence-corrected chi connectivity index (χ4v) is 14.6. The van der Waals surface area contributed by atoms with Crippen LogP contribution in [0.3, 0.4) is 0 Å². The summed E-state index contributed by atoms with van der Waals surface area (Å²) in [7, 11) is 2.66. The smallest absolute Gasteiger partial charge is 0.360 e. The highest BCUT2D eigenvalue weighted by molar-refractivity contribution is 6.72. The third-order valence-corrected chi connectivity index (χ3v) is 17.2. The first-order valence-electron chi connectivity index (χ1n) is 13.7. The number of hydrogen-bond acceptors (Lipinski definition) is 4. The number of rotatable bonds is 8. The molecule has 0 heterocycles. The van der Waals surface area contributed by atoms with Crippen LogP contribution in [0.2, 0.25) is 11.1 Å². The zero-order chi connectivity index (χ0) is 26.6. The molecule has 0 N–H and O–H groups in total. The minimum absolute atomic E-state index is 0.203. The third-order valence-electron chi connectivity index (χ3n) is 8.88. The highest BCUT2D eigenvalue weighted by atomic mass is 28.4. The number of hydrogen-bond donors (Lipinski definition) is 0. The predicted molar refractivity (Wildman–Crippen MR) is 160 cm³/mol. The first kappa shape index (κ1) is 27.2. The largest absolute Gasteiger partial charge is 0.397 e. The summed E-state index contributed by atoms with van der Waals surface area (Å²) in [4.78, 5) is 0. The molecule has 0 spiro atoms. The average Bonchev–Trinajstić information content (AvgIpc) is 3.79. The third kappa shape index (κ3) is 4.68. The van der Waals surface area contributed by atoms with E-state index in [-0.39, 0.29) is 11.1 Å². The van der Waals surface area contributed by atoms with Gasteiger partial charge in [-0.1, -0.05) is 110 Å². The zero-order valence-electron chi connectivity index (χ0n) is 23.0. The quantitative estimate of drug-likeness (QED) is 0.321. The standard InChI is InChI=1S/C20H20O2Si.C12H20O2Si/c1-21-23(22-2,19-13-11-15-7-3-5-9-17(15)19)20-14-12-16-8-4-6-10-18(16)20;1-13-15(14-2,11-7-3-4-8-11)12-9-5-6-10-12/h3-14,19-20H,1-2H3;3-4,7-8,11-12H,5-6,9-10H2,1-2H3. The monoisotopic (exact) mass is 544 g/mol. The van der Waals surface area contributed by atoms with Gasteiger partial charge in [-0.15, -0.1) is 0 Å². The van der Waals surface area contributed by atoms with Crippen LogP contribution in [0.5, 0.6) is 0 Å². The second-order valence-electron chi connectivity index (χ2n) is 10.5. The molecule has 200 valence electrons. The van der Waals surface area contributed by atoms with Gasteiger partial charge in [-0.25, -0.2) is 0 Å². The molecule has 38 heavy (non-hydrogen) atoms. The second-order valence-corrected chi connectivity index (χ2v) is 17.7. The van der Waals surface area contributed by atoms with Gasteiger partial charge in [-0.3, -0.25) is 0 Å². The van der Waals surface area contributed by atoms with E-state index < -0.39 is 17.1 Å². The minimum atomic E-state index is -2.55. The Labute approximate surface area is 230 Å². The van der Waals surface area contributed by atoms with Crippen molar-refractivity contribution in [3.05, 3.63) is 107 Å². The average molecular weight is 545 g/mol. The van der Waals surface area contributed by atoms with Gasteiger partial charge in [-0.05, 0) is 35.1 Å². The van der Waals surface area contributed by atoms with Crippen LogP contribution in [0.25, 0.3) is 12.2 Å². The Morgan fingerprint density at radius 1 is 0.579 bits per heavy atom. The van der Waals surface area contributed by atoms with Crippen LogP contribution < -0.4 is 0 Å². The summed E-state index contributed by atoms with van der Waals surface area (Å²) in [6.45, 7) is 0. The molecule has 0 aliphatic heterocycles. The van der Waals surface area contributed by atoms with E-state index in [1.54, 1.807) is 14.2 Å². The first-order valence-corrected chi connectivity index (χ1v) is 17.7. The van der Waals surface area contributed by atoms with Crippen LogP contribution in [0.15, 0.2) is 85.0 Å². The van der Waals surface area contributed by atoms with E-state index in [4.69, 9.17) is 17.7 Å². The molecule has 1 fully saturated rings. The lowest BCUT2D eigenvalue weighted by molar-refractivity contribution is 0.225. The Morgan fingerprint density at radius 2 is 1.03 bits per heavy atom. The van der Waals surface area contributed by atoms with Gasteiger partial charge in [-0.2, -0.15) is 0 Å². The molecular formula is C32H40O4Si2. The lowest BCUT2D eigenvalue weighted by Gasteiger charge is -2.37. The summed E-state index contributed by atoms with van der Waals surface area (Å²) < 4.78 is 24.1. The fraction of sp³-hybridized carbons (Fsp3) is 0.375. The number of allylic oxidation sites excluding steroid dienone is 6. The van der Waals surface area contributed by atoms with Gasteiger partial charge in [0.05, 0.1) is 0 Å². The van der Waals surface area contributed by atoms with E-state index in [9.17, 15) is 0 Å². The van der Waals surface area contributed by atoms with Crippen LogP contribution in [0, 0.1) is 0 Å². The maximum atomic E-state index is 6.18. The maximum absolute atomic E-state index is 6.18. The van der Waals surface area contributed by atoms with Crippen molar-refractivity contribution in [1.82, 2.24) is 0 Å². The Hall–Kier alpha value is -2.33. The van der Waals surface area contributed by atoms with Crippen molar-refractivity contribution in [3.8, 4) is 0 Å². The second kappa shape index (κ2) is 11.8. The van der Waals surface area contributed by atoms with Crippen molar-refractivity contribution < 1.29 is 17.7 Å². The van der Waals surface area contributed by atoms with Crippen molar-refractivity contribution in [1.29, 1.82) is 0 Å². The molecule has 6 rings (SSSR count). The van der Waals surface area contributed by atoms with Gasteiger partial charge >= 0.3 is 17.1 Å². The SMILES string of the molecule is CO[Si](OC)(C1C=CC=C1)C1CCCC1.CO[Si](OC)(C1C=Cc2ccccc21)C1C=Cc2ccccc21. The molecule has 4 aliphatic rings. The van der Waals surface area contributed by atoms with E-state index in [0.717, 1.165) is 0 Å². The Bertz CT molecular complexity index is 1140. The Morgan fingerprint density at radius 3 is 1.47 bits per heavy atom. The normalized spacial score (nSPS) is 22.1. The lowest BCUT2D eigenvalue weighted by atomic mass is 10.1. The number of fused-ring (bicyclic) bond motifs is 2. The lowest BCUT2D eigenvalue weighted by Crippen LogP contribution is -2.51. The van der Waals surface area contributed by atoms with Crippen LogP contribution in [0.4, 0.5) is 0 Å². The van der Waals surface area contributed by atoms with E-state index in [2.05, 4.69) is 97.1 Å². The van der Waals surface area contributed by atoms with Gasteiger partial charge in [0.1, 0.15) is 0 Å². The Balaban J connectivity index is 0.000000170. The summed E-state index contributed by atoms with van der Waals surface area (Å²) in [6, 6.07) is 17.1. The molecule has 4 nitrogen and oxygen atoms in total. The van der Waals surface area contributed by atoms with Crippen molar-refractivity contribution in [2.24, 2.45) is 0 Å². The fourth-order valence-electron chi connectivity index (χ4n) is 6.97. The van der Waals surface area contributed by atoms with Crippen molar-refractivity contribution in [3.63, 3.8) is 0 Å². The molecule has 2 aromatic carbocycles. The number of benzene rings is 2. The summed E-state index contributed by atoms with van der Waals surface area (Å²) in [5.41, 5.74) is 6.68. The molecule has 2 aromatic rings.